The van der Waals surface area contributed by atoms with E-state index in [0.29, 0.717) is 16.7 Å². The van der Waals surface area contributed by atoms with Crippen LogP contribution in [-0.2, 0) is 16.9 Å². The Morgan fingerprint density at radius 1 is 1.03 bits per heavy atom. The van der Waals surface area contributed by atoms with Gasteiger partial charge in [0, 0.05) is 11.5 Å². The lowest BCUT2D eigenvalue weighted by atomic mass is 9.91. The maximum Gasteiger partial charge on any atom is 0.336 e. The molecule has 1 aliphatic rings. The summed E-state index contributed by atoms with van der Waals surface area (Å²) in [6.45, 7) is 9.83. The topological polar surface area (TPSA) is 79.6 Å². The molecule has 0 saturated carbocycles. The number of nitrogens with one attached hydrogen (secondary N) is 1. The molecule has 1 atom stereocenters. The van der Waals surface area contributed by atoms with Gasteiger partial charge in [0.15, 0.2) is 0 Å². The number of hydrogen-bond acceptors (Lipinski definition) is 4. The summed E-state index contributed by atoms with van der Waals surface area (Å²) in [5, 5.41) is 3.56. The molecule has 6 heteroatoms. The highest BCUT2D eigenvalue weighted by atomic mass is 16.4. The average molecular weight is 418 g/mol. The minimum atomic E-state index is -1.15. The van der Waals surface area contributed by atoms with E-state index in [1.54, 1.807) is 6.92 Å². The molecule has 1 unspecified atom stereocenters. The van der Waals surface area contributed by atoms with E-state index < -0.39 is 17.2 Å². The summed E-state index contributed by atoms with van der Waals surface area (Å²) in [4.78, 5) is 39.5. The van der Waals surface area contributed by atoms with Crippen molar-refractivity contribution in [2.75, 3.05) is 0 Å². The van der Waals surface area contributed by atoms with Crippen LogP contribution in [0.25, 0.3) is 11.0 Å². The third kappa shape index (κ3) is 3.52. The van der Waals surface area contributed by atoms with Crippen molar-refractivity contribution in [1.82, 2.24) is 10.2 Å². The summed E-state index contributed by atoms with van der Waals surface area (Å²) in [7, 11) is 0. The van der Waals surface area contributed by atoms with Crippen molar-refractivity contribution in [1.29, 1.82) is 0 Å². The average Bonchev–Trinajstić information content (AvgIpc) is 2.91. The van der Waals surface area contributed by atoms with Crippen LogP contribution in [0.4, 0.5) is 4.79 Å². The summed E-state index contributed by atoms with van der Waals surface area (Å²) in [5.74, 6) is -0.0651. The molecule has 0 spiro atoms. The predicted molar refractivity (Wildman–Crippen MR) is 119 cm³/mol. The third-order valence-electron chi connectivity index (χ3n) is 6.07. The second kappa shape index (κ2) is 7.38. The Labute approximate surface area is 180 Å². The van der Waals surface area contributed by atoms with Gasteiger partial charge in [-0.15, -0.1) is 0 Å². The molecular weight excluding hydrogens is 392 g/mol. The molecule has 3 aromatic rings. The smallest absolute Gasteiger partial charge is 0.336 e. The zero-order chi connectivity index (χ0) is 22.5. The van der Waals surface area contributed by atoms with Gasteiger partial charge in [-0.2, -0.15) is 0 Å². The number of benzene rings is 2. The van der Waals surface area contributed by atoms with Crippen LogP contribution in [0.15, 0.2) is 51.7 Å². The number of rotatable bonds is 4. The number of urea groups is 1. The molecule has 2 aromatic carbocycles. The quantitative estimate of drug-likeness (QED) is 0.500. The molecule has 4 rings (SSSR count). The Kier molecular flexibility index (Phi) is 4.96. The Hall–Kier alpha value is -3.41. The molecule has 3 amide bonds. The van der Waals surface area contributed by atoms with Gasteiger partial charge in [0.25, 0.3) is 5.91 Å². The first kappa shape index (κ1) is 20.8. The van der Waals surface area contributed by atoms with E-state index in [2.05, 4.69) is 19.2 Å². The summed E-state index contributed by atoms with van der Waals surface area (Å²) in [5.41, 5.74) is 3.33. The summed E-state index contributed by atoms with van der Waals surface area (Å²) >= 11 is 0. The van der Waals surface area contributed by atoms with Crippen LogP contribution in [0.5, 0.6) is 0 Å². The summed E-state index contributed by atoms with van der Waals surface area (Å²) in [6, 6.07) is 12.2. The van der Waals surface area contributed by atoms with E-state index in [0.717, 1.165) is 22.1 Å². The number of carbonyl (C=O) groups is 2. The molecule has 1 N–H and O–H groups in total. The molecule has 1 aromatic heterocycles. The van der Waals surface area contributed by atoms with Gasteiger partial charge in [-0.05, 0) is 61.1 Å². The monoisotopic (exact) mass is 418 g/mol. The van der Waals surface area contributed by atoms with Gasteiger partial charge in [-0.3, -0.25) is 9.69 Å². The fourth-order valence-corrected chi connectivity index (χ4v) is 4.24. The van der Waals surface area contributed by atoms with Crippen molar-refractivity contribution < 1.29 is 14.0 Å². The number of aryl methyl sites for hydroxylation is 2. The summed E-state index contributed by atoms with van der Waals surface area (Å²) < 4.78 is 5.40. The molecule has 0 aliphatic carbocycles. The lowest BCUT2D eigenvalue weighted by Crippen LogP contribution is -2.40. The Bertz CT molecular complexity index is 1260. The van der Waals surface area contributed by atoms with Crippen molar-refractivity contribution in [3.8, 4) is 0 Å². The van der Waals surface area contributed by atoms with Gasteiger partial charge in [-0.25, -0.2) is 9.59 Å². The first-order valence-electron chi connectivity index (χ1n) is 10.4. The largest absolute Gasteiger partial charge is 0.423 e. The molecule has 6 nitrogen and oxygen atoms in total. The summed E-state index contributed by atoms with van der Waals surface area (Å²) in [6.07, 6.45) is 0. The predicted octanol–water partition coefficient (Wildman–Crippen LogP) is 4.50. The molecule has 160 valence electrons. The first-order valence-corrected chi connectivity index (χ1v) is 10.4. The minimum Gasteiger partial charge on any atom is -0.423 e. The van der Waals surface area contributed by atoms with E-state index in [1.807, 2.05) is 50.2 Å². The van der Waals surface area contributed by atoms with Crippen molar-refractivity contribution in [3.05, 3.63) is 80.7 Å². The number of fused-ring (bicyclic) bond motifs is 1. The van der Waals surface area contributed by atoms with Gasteiger partial charge < -0.3 is 9.73 Å². The van der Waals surface area contributed by atoms with Crippen LogP contribution in [0, 0.1) is 13.8 Å². The van der Waals surface area contributed by atoms with Crippen LogP contribution >= 0.6 is 0 Å². The molecular formula is C25H26N2O4. The number of nitrogens with zero attached hydrogens (tertiary/aromatic N) is 1. The van der Waals surface area contributed by atoms with Crippen LogP contribution in [0.1, 0.15) is 54.5 Å². The fourth-order valence-electron chi connectivity index (χ4n) is 4.24. The van der Waals surface area contributed by atoms with E-state index in [4.69, 9.17) is 4.42 Å². The van der Waals surface area contributed by atoms with Gasteiger partial charge in [0.2, 0.25) is 0 Å². The van der Waals surface area contributed by atoms with E-state index >= 15 is 0 Å². The maximum absolute atomic E-state index is 13.3. The molecule has 2 heterocycles. The van der Waals surface area contributed by atoms with Crippen LogP contribution < -0.4 is 10.9 Å². The standard InChI is InChI=1S/C25H26N2O4/c1-14(2)19-12-20-17(11-22(28)31-21(20)10-16(19)4)13-27-23(29)25(5,26-24(27)30)18-8-6-15(3)7-9-18/h6-12,14H,13H2,1-5H3,(H,26,30). The lowest BCUT2D eigenvalue weighted by molar-refractivity contribution is -0.131. The van der Waals surface area contributed by atoms with Gasteiger partial charge in [0.1, 0.15) is 11.1 Å². The lowest BCUT2D eigenvalue weighted by Gasteiger charge is -2.22. The highest BCUT2D eigenvalue weighted by Crippen LogP contribution is 2.32. The number of carbonyl (C=O) groups excluding carboxylic acids is 2. The van der Waals surface area contributed by atoms with E-state index in [9.17, 15) is 14.4 Å². The second-order valence-electron chi connectivity index (χ2n) is 8.76. The molecule has 31 heavy (non-hydrogen) atoms. The zero-order valence-corrected chi connectivity index (χ0v) is 18.4. The molecule has 1 saturated heterocycles. The number of amides is 3. The highest BCUT2D eigenvalue weighted by Gasteiger charge is 2.49. The third-order valence-corrected chi connectivity index (χ3v) is 6.07. The van der Waals surface area contributed by atoms with Crippen LogP contribution in [0.3, 0.4) is 0 Å². The fraction of sp³-hybridized carbons (Fsp3) is 0.320. The Morgan fingerprint density at radius 2 is 1.71 bits per heavy atom. The Morgan fingerprint density at radius 3 is 2.35 bits per heavy atom. The van der Waals surface area contributed by atoms with Crippen molar-refractivity contribution >= 4 is 22.9 Å². The zero-order valence-electron chi connectivity index (χ0n) is 18.4. The first-order chi connectivity index (χ1) is 14.6. The normalized spacial score (nSPS) is 18.8. The van der Waals surface area contributed by atoms with Crippen LogP contribution in [0.2, 0.25) is 0 Å². The maximum atomic E-state index is 13.3. The SMILES string of the molecule is Cc1ccc(C2(C)NC(=O)N(Cc3cc(=O)oc4cc(C)c(C(C)C)cc34)C2=O)cc1. The highest BCUT2D eigenvalue weighted by molar-refractivity contribution is 6.07. The van der Waals surface area contributed by atoms with E-state index in [1.165, 1.54) is 11.0 Å². The number of hydrogen-bond donors (Lipinski definition) is 1. The van der Waals surface area contributed by atoms with Crippen molar-refractivity contribution in [2.24, 2.45) is 0 Å². The van der Waals surface area contributed by atoms with Gasteiger partial charge in [0.05, 0.1) is 6.54 Å². The Balaban J connectivity index is 1.76. The van der Waals surface area contributed by atoms with Crippen molar-refractivity contribution in [2.45, 2.75) is 52.6 Å². The molecule has 0 bridgehead atoms. The second-order valence-corrected chi connectivity index (χ2v) is 8.76. The minimum absolute atomic E-state index is 0.00514. The van der Waals surface area contributed by atoms with Crippen molar-refractivity contribution in [3.63, 3.8) is 0 Å². The number of imide groups is 1. The van der Waals surface area contributed by atoms with Gasteiger partial charge >= 0.3 is 11.7 Å². The van der Waals surface area contributed by atoms with Crippen LogP contribution in [-0.4, -0.2) is 16.8 Å². The van der Waals surface area contributed by atoms with Gasteiger partial charge in [-0.1, -0.05) is 43.7 Å². The molecule has 0 radical (unpaired) electrons. The molecule has 1 fully saturated rings. The molecule has 1 aliphatic heterocycles. The van der Waals surface area contributed by atoms with E-state index in [-0.39, 0.29) is 18.4 Å².